The third-order valence-electron chi connectivity index (χ3n) is 5.18. The van der Waals surface area contributed by atoms with Crippen LogP contribution in [0.3, 0.4) is 0 Å². The molecule has 138 valence electrons. The maximum Gasteiger partial charge on any atom is 0.251 e. The van der Waals surface area contributed by atoms with E-state index in [1.165, 1.54) is 0 Å². The Kier molecular flexibility index (Phi) is 5.04. The molecule has 1 aromatic carbocycles. The van der Waals surface area contributed by atoms with Crippen molar-refractivity contribution in [2.45, 2.75) is 32.4 Å². The van der Waals surface area contributed by atoms with Gasteiger partial charge in [0.1, 0.15) is 11.9 Å². The van der Waals surface area contributed by atoms with Crippen LogP contribution in [0.4, 0.5) is 0 Å². The van der Waals surface area contributed by atoms with Gasteiger partial charge in [-0.1, -0.05) is 18.2 Å². The smallest absolute Gasteiger partial charge is 0.251 e. The average molecular weight is 355 g/mol. The zero-order valence-corrected chi connectivity index (χ0v) is 15.2. The molecule has 0 bridgehead atoms. The van der Waals surface area contributed by atoms with Crippen LogP contribution in [-0.4, -0.2) is 59.6 Å². The highest BCUT2D eigenvalue weighted by molar-refractivity contribution is 5.81. The van der Waals surface area contributed by atoms with Crippen LogP contribution < -0.4 is 0 Å². The predicted octanol–water partition coefficient (Wildman–Crippen LogP) is 2.47. The molecule has 1 amide bonds. The summed E-state index contributed by atoms with van der Waals surface area (Å²) < 4.78 is 11.4. The molecule has 2 aliphatic rings. The molecule has 1 unspecified atom stereocenters. The van der Waals surface area contributed by atoms with Crippen LogP contribution in [0.5, 0.6) is 0 Å². The van der Waals surface area contributed by atoms with Crippen molar-refractivity contribution in [3.8, 4) is 11.5 Å². The first-order valence-corrected chi connectivity index (χ1v) is 9.35. The van der Waals surface area contributed by atoms with E-state index < -0.39 is 0 Å². The SMILES string of the molecule is Cc1oc(-c2ccccc2)nc1CN1CCN(C(=O)C2CCCO2)CC1. The van der Waals surface area contributed by atoms with Crippen molar-refractivity contribution >= 4 is 5.91 Å². The highest BCUT2D eigenvalue weighted by Gasteiger charge is 2.30. The molecule has 0 spiro atoms. The quantitative estimate of drug-likeness (QED) is 0.843. The largest absolute Gasteiger partial charge is 0.441 e. The van der Waals surface area contributed by atoms with Crippen LogP contribution in [0, 0.1) is 6.92 Å². The van der Waals surface area contributed by atoms with E-state index in [-0.39, 0.29) is 12.0 Å². The first-order valence-electron chi connectivity index (χ1n) is 9.35. The standard InChI is InChI=1S/C20H25N3O3/c1-15-17(21-19(26-15)16-6-3-2-4-7-16)14-22-9-11-23(12-10-22)20(24)18-8-5-13-25-18/h2-4,6-7,18H,5,8-14H2,1H3. The second-order valence-electron chi connectivity index (χ2n) is 6.99. The van der Waals surface area contributed by atoms with E-state index >= 15 is 0 Å². The monoisotopic (exact) mass is 355 g/mol. The van der Waals surface area contributed by atoms with Gasteiger partial charge in [0.2, 0.25) is 5.89 Å². The Balaban J connectivity index is 1.34. The molecule has 2 aromatic rings. The molecule has 1 atom stereocenters. The zero-order valence-electron chi connectivity index (χ0n) is 15.2. The summed E-state index contributed by atoms with van der Waals surface area (Å²) >= 11 is 0. The summed E-state index contributed by atoms with van der Waals surface area (Å²) in [5.41, 5.74) is 1.97. The minimum absolute atomic E-state index is 0.158. The van der Waals surface area contributed by atoms with E-state index in [9.17, 15) is 4.79 Å². The summed E-state index contributed by atoms with van der Waals surface area (Å²) in [6.07, 6.45) is 1.64. The number of nitrogens with zero attached hydrogens (tertiary/aromatic N) is 3. The number of piperazine rings is 1. The number of amides is 1. The van der Waals surface area contributed by atoms with Crippen molar-refractivity contribution in [2.75, 3.05) is 32.8 Å². The average Bonchev–Trinajstić information content (AvgIpc) is 3.33. The third kappa shape index (κ3) is 3.66. The van der Waals surface area contributed by atoms with Crippen molar-refractivity contribution in [1.82, 2.24) is 14.8 Å². The van der Waals surface area contributed by atoms with Crippen molar-refractivity contribution in [3.05, 3.63) is 41.8 Å². The Bertz CT molecular complexity index is 745. The normalized spacial score (nSPS) is 21.3. The summed E-state index contributed by atoms with van der Waals surface area (Å²) in [6, 6.07) is 9.96. The minimum Gasteiger partial charge on any atom is -0.441 e. The lowest BCUT2D eigenvalue weighted by Crippen LogP contribution is -2.51. The van der Waals surface area contributed by atoms with Gasteiger partial charge in [-0.2, -0.15) is 0 Å². The van der Waals surface area contributed by atoms with E-state index in [0.29, 0.717) is 12.5 Å². The molecule has 0 saturated carbocycles. The number of benzene rings is 1. The number of hydrogen-bond donors (Lipinski definition) is 0. The summed E-state index contributed by atoms with van der Waals surface area (Å²) in [6.45, 7) is 6.64. The molecule has 6 heteroatoms. The maximum atomic E-state index is 12.4. The van der Waals surface area contributed by atoms with E-state index in [2.05, 4.69) is 9.88 Å². The lowest BCUT2D eigenvalue weighted by molar-refractivity contribution is -0.142. The fourth-order valence-electron chi connectivity index (χ4n) is 3.59. The van der Waals surface area contributed by atoms with Gasteiger partial charge in [-0.25, -0.2) is 4.98 Å². The molecule has 0 radical (unpaired) electrons. The van der Waals surface area contributed by atoms with Crippen molar-refractivity contribution in [1.29, 1.82) is 0 Å². The topological polar surface area (TPSA) is 58.8 Å². The second kappa shape index (κ2) is 7.60. The van der Waals surface area contributed by atoms with E-state index in [4.69, 9.17) is 9.15 Å². The Morgan fingerprint density at radius 1 is 1.19 bits per heavy atom. The molecule has 3 heterocycles. The Labute approximate surface area is 153 Å². The minimum atomic E-state index is -0.215. The predicted molar refractivity (Wildman–Crippen MR) is 97.5 cm³/mol. The molecule has 1 aromatic heterocycles. The Morgan fingerprint density at radius 3 is 2.65 bits per heavy atom. The fourth-order valence-corrected chi connectivity index (χ4v) is 3.59. The number of aryl methyl sites for hydroxylation is 1. The van der Waals surface area contributed by atoms with Gasteiger partial charge in [0, 0.05) is 44.9 Å². The number of rotatable bonds is 4. The lowest BCUT2D eigenvalue weighted by Gasteiger charge is -2.35. The van der Waals surface area contributed by atoms with Gasteiger partial charge >= 0.3 is 0 Å². The van der Waals surface area contributed by atoms with Gasteiger partial charge in [0.05, 0.1) is 5.69 Å². The van der Waals surface area contributed by atoms with Crippen LogP contribution in [0.15, 0.2) is 34.7 Å². The zero-order chi connectivity index (χ0) is 17.9. The summed E-state index contributed by atoms with van der Waals surface area (Å²) in [4.78, 5) is 21.4. The van der Waals surface area contributed by atoms with Gasteiger partial charge in [-0.15, -0.1) is 0 Å². The van der Waals surface area contributed by atoms with Gasteiger partial charge in [-0.3, -0.25) is 9.69 Å². The molecule has 26 heavy (non-hydrogen) atoms. The van der Waals surface area contributed by atoms with Crippen molar-refractivity contribution < 1.29 is 13.9 Å². The highest BCUT2D eigenvalue weighted by atomic mass is 16.5. The number of carbonyl (C=O) groups is 1. The highest BCUT2D eigenvalue weighted by Crippen LogP contribution is 2.23. The van der Waals surface area contributed by atoms with Crippen molar-refractivity contribution in [2.24, 2.45) is 0 Å². The maximum absolute atomic E-state index is 12.4. The molecule has 6 nitrogen and oxygen atoms in total. The summed E-state index contributed by atoms with van der Waals surface area (Å²) in [7, 11) is 0. The summed E-state index contributed by atoms with van der Waals surface area (Å²) in [5, 5.41) is 0. The number of hydrogen-bond acceptors (Lipinski definition) is 5. The fraction of sp³-hybridized carbons (Fsp3) is 0.500. The molecule has 0 N–H and O–H groups in total. The summed E-state index contributed by atoms with van der Waals surface area (Å²) in [5.74, 6) is 1.69. The van der Waals surface area contributed by atoms with E-state index in [1.54, 1.807) is 0 Å². The van der Waals surface area contributed by atoms with Gasteiger partial charge in [-0.05, 0) is 31.9 Å². The first-order chi connectivity index (χ1) is 12.7. The van der Waals surface area contributed by atoms with Crippen LogP contribution in [-0.2, 0) is 16.1 Å². The molecule has 4 rings (SSSR count). The van der Waals surface area contributed by atoms with Gasteiger partial charge < -0.3 is 14.1 Å². The second-order valence-corrected chi connectivity index (χ2v) is 6.99. The molecule has 2 aliphatic heterocycles. The molecule has 0 aliphatic carbocycles. The Hall–Kier alpha value is -2.18. The Morgan fingerprint density at radius 2 is 1.96 bits per heavy atom. The van der Waals surface area contributed by atoms with E-state index in [1.807, 2.05) is 42.2 Å². The van der Waals surface area contributed by atoms with Crippen LogP contribution in [0.2, 0.25) is 0 Å². The molecular formula is C20H25N3O3. The number of aromatic nitrogens is 1. The lowest BCUT2D eigenvalue weighted by atomic mass is 10.2. The first kappa shape index (κ1) is 17.2. The van der Waals surface area contributed by atoms with E-state index in [0.717, 1.165) is 62.6 Å². The molecular weight excluding hydrogens is 330 g/mol. The third-order valence-corrected chi connectivity index (χ3v) is 5.18. The number of carbonyl (C=O) groups excluding carboxylic acids is 1. The van der Waals surface area contributed by atoms with Gasteiger partial charge in [0.25, 0.3) is 5.91 Å². The number of ether oxygens (including phenoxy) is 1. The van der Waals surface area contributed by atoms with Crippen LogP contribution >= 0.6 is 0 Å². The van der Waals surface area contributed by atoms with Crippen LogP contribution in [0.25, 0.3) is 11.5 Å². The van der Waals surface area contributed by atoms with Crippen LogP contribution in [0.1, 0.15) is 24.3 Å². The molecule has 2 fully saturated rings. The number of oxazole rings is 1. The van der Waals surface area contributed by atoms with Crippen molar-refractivity contribution in [3.63, 3.8) is 0 Å². The molecule has 2 saturated heterocycles. The van der Waals surface area contributed by atoms with Gasteiger partial charge in [0.15, 0.2) is 0 Å².